The Morgan fingerprint density at radius 3 is 1.33 bits per heavy atom. The largest absolute Gasteiger partial charge is 0.472 e. The fourth-order valence-corrected chi connectivity index (χ4v) is 8.50. The fraction of sp³-hybridized carbons (Fsp3) is 0.836. The Balaban J connectivity index is 3.62. The first-order chi connectivity index (χ1) is 31.0. The summed E-state index contributed by atoms with van der Waals surface area (Å²) in [5, 5.41) is 13.5. The van der Waals surface area contributed by atoms with E-state index >= 15 is 0 Å². The van der Waals surface area contributed by atoms with Gasteiger partial charge in [0.1, 0.15) is 13.2 Å². The van der Waals surface area contributed by atoms with E-state index in [4.69, 9.17) is 9.05 Å². The molecule has 0 aromatic heterocycles. The van der Waals surface area contributed by atoms with Crippen LogP contribution in [0.25, 0.3) is 0 Å². The Morgan fingerprint density at radius 2 is 0.922 bits per heavy atom. The quantitative estimate of drug-likeness (QED) is 0.0243. The molecular formula is C55H106N2O6P+. The van der Waals surface area contributed by atoms with Crippen LogP contribution in [0.1, 0.15) is 245 Å². The normalized spacial score (nSPS) is 14.4. The Morgan fingerprint density at radius 1 is 0.531 bits per heavy atom. The molecular weight excluding hydrogens is 816 g/mol. The molecule has 0 aromatic carbocycles. The summed E-state index contributed by atoms with van der Waals surface area (Å²) in [4.78, 5) is 22.8. The van der Waals surface area contributed by atoms with Gasteiger partial charge in [-0.3, -0.25) is 13.8 Å². The second kappa shape index (κ2) is 46.6. The lowest BCUT2D eigenvalue weighted by molar-refractivity contribution is -0.870. The number of carbonyl (C=O) groups is 1. The minimum absolute atomic E-state index is 0.0605. The zero-order valence-corrected chi connectivity index (χ0v) is 43.7. The molecule has 0 aromatic rings. The van der Waals surface area contributed by atoms with E-state index in [1.165, 1.54) is 180 Å². The number of amides is 1. The predicted molar refractivity (Wildman–Crippen MR) is 277 cm³/mol. The summed E-state index contributed by atoms with van der Waals surface area (Å²) in [6, 6.07) is -0.840. The average molecular weight is 922 g/mol. The lowest BCUT2D eigenvalue weighted by Crippen LogP contribution is -2.45. The number of phosphoric ester groups is 1. The van der Waals surface area contributed by atoms with Crippen molar-refractivity contribution in [3.8, 4) is 0 Å². The fourth-order valence-electron chi connectivity index (χ4n) is 7.76. The number of aliphatic hydroxyl groups excluding tert-OH is 1. The second-order valence-corrected chi connectivity index (χ2v) is 21.1. The van der Waals surface area contributed by atoms with E-state index in [1.54, 1.807) is 6.08 Å². The maximum atomic E-state index is 12.7. The van der Waals surface area contributed by atoms with E-state index in [0.717, 1.165) is 44.9 Å². The molecule has 0 radical (unpaired) electrons. The second-order valence-electron chi connectivity index (χ2n) is 19.6. The molecule has 0 aliphatic heterocycles. The van der Waals surface area contributed by atoms with Crippen LogP contribution in [-0.4, -0.2) is 73.4 Å². The molecule has 1 amide bonds. The number of rotatable bonds is 49. The third-order valence-electron chi connectivity index (χ3n) is 12.0. The highest BCUT2D eigenvalue weighted by Crippen LogP contribution is 2.43. The van der Waals surface area contributed by atoms with Crippen LogP contribution in [0.4, 0.5) is 0 Å². The van der Waals surface area contributed by atoms with Crippen molar-refractivity contribution in [2.24, 2.45) is 0 Å². The number of aliphatic hydroxyl groups is 1. The first-order valence-corrected chi connectivity index (χ1v) is 28.5. The van der Waals surface area contributed by atoms with Gasteiger partial charge >= 0.3 is 7.82 Å². The van der Waals surface area contributed by atoms with Gasteiger partial charge in [-0.2, -0.15) is 0 Å². The highest BCUT2D eigenvalue weighted by Gasteiger charge is 2.27. The third kappa shape index (κ3) is 48.4. The summed E-state index contributed by atoms with van der Waals surface area (Å²) in [5.41, 5.74) is 0. The smallest absolute Gasteiger partial charge is 0.387 e. The molecule has 0 aliphatic rings. The highest BCUT2D eigenvalue weighted by molar-refractivity contribution is 7.47. The number of carbonyl (C=O) groups excluding carboxylic acids is 1. The van der Waals surface area contributed by atoms with E-state index in [9.17, 15) is 19.4 Å². The van der Waals surface area contributed by atoms with E-state index in [2.05, 4.69) is 48.7 Å². The van der Waals surface area contributed by atoms with Gasteiger partial charge in [-0.1, -0.05) is 236 Å². The number of phosphoric acid groups is 1. The molecule has 64 heavy (non-hydrogen) atoms. The first kappa shape index (κ1) is 62.5. The number of nitrogens with zero attached hydrogens (tertiary/aromatic N) is 1. The zero-order chi connectivity index (χ0) is 47.1. The van der Waals surface area contributed by atoms with Gasteiger partial charge in [0, 0.05) is 6.42 Å². The Labute approximate surface area is 397 Å². The molecule has 3 atom stereocenters. The number of hydrogen-bond donors (Lipinski definition) is 3. The number of unbranched alkanes of at least 4 members (excludes halogenated alkanes) is 30. The summed E-state index contributed by atoms with van der Waals surface area (Å²) >= 11 is 0. The molecule has 0 fully saturated rings. The van der Waals surface area contributed by atoms with Crippen molar-refractivity contribution in [3.63, 3.8) is 0 Å². The van der Waals surface area contributed by atoms with Gasteiger partial charge in [0.25, 0.3) is 0 Å². The maximum Gasteiger partial charge on any atom is 0.472 e. The molecule has 0 rings (SSSR count). The zero-order valence-electron chi connectivity index (χ0n) is 42.8. The minimum atomic E-state index is -4.31. The molecule has 376 valence electrons. The van der Waals surface area contributed by atoms with Crippen molar-refractivity contribution in [2.75, 3.05) is 40.9 Å². The number of hydrogen-bond acceptors (Lipinski definition) is 5. The molecule has 3 N–H and O–H groups in total. The molecule has 0 spiro atoms. The van der Waals surface area contributed by atoms with Crippen molar-refractivity contribution in [2.45, 2.75) is 257 Å². The Kier molecular flexibility index (Phi) is 45.4. The molecule has 8 nitrogen and oxygen atoms in total. The van der Waals surface area contributed by atoms with Crippen molar-refractivity contribution < 1.29 is 32.9 Å². The van der Waals surface area contributed by atoms with Crippen LogP contribution in [0.2, 0.25) is 0 Å². The Hall–Kier alpha value is -1.54. The first-order valence-electron chi connectivity index (χ1n) is 27.0. The molecule has 0 aliphatic carbocycles. The van der Waals surface area contributed by atoms with Gasteiger partial charge in [-0.25, -0.2) is 4.57 Å². The summed E-state index contributed by atoms with van der Waals surface area (Å²) < 4.78 is 23.3. The van der Waals surface area contributed by atoms with Crippen molar-refractivity contribution in [1.82, 2.24) is 5.32 Å². The molecule has 0 saturated heterocycles. The van der Waals surface area contributed by atoms with Gasteiger partial charge in [-0.05, 0) is 51.4 Å². The summed E-state index contributed by atoms with van der Waals surface area (Å²) in [7, 11) is 1.57. The summed E-state index contributed by atoms with van der Waals surface area (Å²) in [6.07, 6.45) is 61.9. The van der Waals surface area contributed by atoms with Crippen LogP contribution >= 0.6 is 7.82 Å². The minimum Gasteiger partial charge on any atom is -0.387 e. The van der Waals surface area contributed by atoms with E-state index < -0.39 is 20.0 Å². The van der Waals surface area contributed by atoms with Crippen LogP contribution in [-0.2, 0) is 18.4 Å². The van der Waals surface area contributed by atoms with Gasteiger partial charge in [0.15, 0.2) is 0 Å². The average Bonchev–Trinajstić information content (AvgIpc) is 3.25. The van der Waals surface area contributed by atoms with Crippen molar-refractivity contribution in [3.05, 3.63) is 48.6 Å². The SMILES string of the molecule is CCC/C=C/C(O)C(COP(=O)(O)OCC[N+](C)(C)C)NC(=O)CCCCCCCCCCCCCCCCCCCCCCCCCC/C=C\C/C=C\C/C=C\CCCCCCC. The molecule has 0 heterocycles. The summed E-state index contributed by atoms with van der Waals surface area (Å²) in [5.74, 6) is -0.187. The van der Waals surface area contributed by atoms with E-state index in [-0.39, 0.29) is 19.1 Å². The van der Waals surface area contributed by atoms with E-state index in [0.29, 0.717) is 17.4 Å². The van der Waals surface area contributed by atoms with E-state index in [1.807, 2.05) is 34.1 Å². The van der Waals surface area contributed by atoms with Gasteiger partial charge in [0.2, 0.25) is 5.91 Å². The molecule has 3 unspecified atom stereocenters. The number of allylic oxidation sites excluding steroid dienone is 7. The maximum absolute atomic E-state index is 12.7. The van der Waals surface area contributed by atoms with Gasteiger partial charge in [-0.15, -0.1) is 0 Å². The van der Waals surface area contributed by atoms with Crippen molar-refractivity contribution >= 4 is 13.7 Å². The van der Waals surface area contributed by atoms with Crippen LogP contribution < -0.4 is 5.32 Å². The van der Waals surface area contributed by atoms with Crippen LogP contribution in [0.15, 0.2) is 48.6 Å². The predicted octanol–water partition coefficient (Wildman–Crippen LogP) is 16.0. The standard InChI is InChI=1S/C55H105N2O6P/c1-6-8-10-11-12-13-14-15-16-17-18-19-20-21-22-23-24-25-26-27-28-29-30-31-32-33-34-35-36-37-38-39-40-41-42-43-44-45-47-49-55(59)56-53(54(58)48-46-9-7-2)52-63-64(60,61)62-51-50-57(3,4)5/h14-15,17-18,20-21,46,48,53-54,58H,6-13,16,19,22-45,47,49-52H2,1-5H3,(H-,56,59,60,61)/p+1/b15-14-,18-17-,21-20-,48-46+. The van der Waals surface area contributed by atoms with Gasteiger partial charge < -0.3 is 19.8 Å². The lowest BCUT2D eigenvalue weighted by Gasteiger charge is -2.25. The van der Waals surface area contributed by atoms with Crippen molar-refractivity contribution in [1.29, 1.82) is 0 Å². The van der Waals surface area contributed by atoms with Crippen LogP contribution in [0, 0.1) is 0 Å². The summed E-state index contributed by atoms with van der Waals surface area (Å²) in [6.45, 7) is 4.59. The molecule has 9 heteroatoms. The number of quaternary nitrogens is 1. The Bertz CT molecular complexity index is 1180. The number of nitrogens with one attached hydrogen (secondary N) is 1. The lowest BCUT2D eigenvalue weighted by atomic mass is 10.0. The molecule has 0 saturated carbocycles. The topological polar surface area (TPSA) is 105 Å². The number of likely N-dealkylation sites (N-methyl/N-ethyl adjacent to an activating group) is 1. The third-order valence-corrected chi connectivity index (χ3v) is 13.0. The monoisotopic (exact) mass is 922 g/mol. The van der Waals surface area contributed by atoms with Crippen LogP contribution in [0.5, 0.6) is 0 Å². The van der Waals surface area contributed by atoms with Crippen LogP contribution in [0.3, 0.4) is 0 Å². The highest BCUT2D eigenvalue weighted by atomic mass is 31.2. The van der Waals surface area contributed by atoms with Gasteiger partial charge in [0.05, 0.1) is 39.9 Å². The molecule has 0 bridgehead atoms.